The van der Waals surface area contributed by atoms with Crippen LogP contribution in [0.4, 0.5) is 0 Å². The third-order valence-electron chi connectivity index (χ3n) is 0. The summed E-state index contributed by atoms with van der Waals surface area (Å²) >= 11 is 0. The van der Waals surface area contributed by atoms with Crippen LogP contribution in [-0.2, 0) is 40.9 Å². The summed E-state index contributed by atoms with van der Waals surface area (Å²) in [5, 5.41) is 35.6. The number of aliphatic carboxylic acids is 4. The van der Waals surface area contributed by atoms with Gasteiger partial charge in [0.25, 0.3) is 0 Å². The summed E-state index contributed by atoms with van der Waals surface area (Å²) in [6, 6.07) is 0. The van der Waals surface area contributed by atoms with E-state index in [9.17, 15) is 0 Å². The second-order valence-corrected chi connectivity index (χ2v) is 1.97. The average molecular weight is 491 g/mol. The standard InChI is InChI=1S/4C2H4O2.Pb.Ti/c4*1-2(3)4;;/h4*1H3,(H,3,4);;/q;;;;;+4/p-4. The van der Waals surface area contributed by atoms with Crippen molar-refractivity contribution in [3.05, 3.63) is 0 Å². The molecule has 10 heteroatoms. The molecule has 4 radical (unpaired) electrons. The smallest absolute Gasteiger partial charge is 0.550 e. The van der Waals surface area contributed by atoms with E-state index in [1.165, 1.54) is 0 Å². The molecule has 0 bridgehead atoms. The number of hydrogen-bond acceptors (Lipinski definition) is 8. The Morgan fingerprint density at radius 1 is 0.556 bits per heavy atom. The predicted molar refractivity (Wildman–Crippen MR) is 48.5 cm³/mol. The van der Waals surface area contributed by atoms with Crippen LogP contribution in [0.2, 0.25) is 0 Å². The van der Waals surface area contributed by atoms with E-state index in [2.05, 4.69) is 0 Å². The molecular weight excluding hydrogens is 479 g/mol. The Morgan fingerprint density at radius 3 is 0.556 bits per heavy atom. The minimum atomic E-state index is -1.08. The molecule has 0 saturated carbocycles. The molecule has 0 spiro atoms. The van der Waals surface area contributed by atoms with E-state index in [-0.39, 0.29) is 49.0 Å². The molecule has 0 N–H and O–H groups in total. The van der Waals surface area contributed by atoms with Gasteiger partial charge >= 0.3 is 21.7 Å². The number of hydrogen-bond donors (Lipinski definition) is 0. The van der Waals surface area contributed by atoms with Gasteiger partial charge in [0.2, 0.25) is 0 Å². The van der Waals surface area contributed by atoms with Crippen LogP contribution in [0.5, 0.6) is 0 Å². The Labute approximate surface area is 139 Å². The number of rotatable bonds is 0. The molecule has 0 fully saturated rings. The van der Waals surface area contributed by atoms with Crippen LogP contribution in [-0.4, -0.2) is 51.2 Å². The Kier molecular flexibility index (Phi) is 60.0. The Bertz CT molecular complexity index is 167. The molecule has 0 rings (SSSR count). The van der Waals surface area contributed by atoms with Crippen molar-refractivity contribution in [2.24, 2.45) is 0 Å². The first-order valence-electron chi connectivity index (χ1n) is 3.63. The molecule has 0 unspecified atom stereocenters. The zero-order valence-electron chi connectivity index (χ0n) is 10.3. The zero-order valence-corrected chi connectivity index (χ0v) is 15.7. The molecule has 0 aromatic heterocycles. The van der Waals surface area contributed by atoms with Crippen molar-refractivity contribution < 1.29 is 61.3 Å². The van der Waals surface area contributed by atoms with Gasteiger partial charge in [-0.2, -0.15) is 0 Å². The van der Waals surface area contributed by atoms with E-state index >= 15 is 0 Å². The van der Waals surface area contributed by atoms with Crippen LogP contribution in [0.15, 0.2) is 0 Å². The van der Waals surface area contributed by atoms with Crippen LogP contribution >= 0.6 is 0 Å². The van der Waals surface area contributed by atoms with Crippen LogP contribution < -0.4 is 20.4 Å². The molecule has 0 aliphatic carbocycles. The third kappa shape index (κ3) is 14000. The van der Waals surface area contributed by atoms with E-state index < -0.39 is 23.9 Å². The van der Waals surface area contributed by atoms with Gasteiger partial charge in [-0.15, -0.1) is 0 Å². The van der Waals surface area contributed by atoms with E-state index in [0.717, 1.165) is 27.7 Å². The number of carboxylic acid groups (broad SMARTS) is 4. The first-order chi connectivity index (χ1) is 6.93. The monoisotopic (exact) mass is 492 g/mol. The van der Waals surface area contributed by atoms with Crippen molar-refractivity contribution >= 4 is 51.2 Å². The fourth-order valence-corrected chi connectivity index (χ4v) is 0. The SMILES string of the molecule is CC(=O)[O-].CC(=O)[O-].CC(=O)[O-].CC(=O)[O-].[Pb].[Ti+4]. The van der Waals surface area contributed by atoms with Gasteiger partial charge in [-0.3, -0.25) is 0 Å². The summed E-state index contributed by atoms with van der Waals surface area (Å²) in [7, 11) is 0. The van der Waals surface area contributed by atoms with Crippen molar-refractivity contribution in [2.45, 2.75) is 27.7 Å². The number of carbonyl (C=O) groups is 4. The summed E-state index contributed by atoms with van der Waals surface area (Å²) in [6.07, 6.45) is 0. The molecule has 100 valence electrons. The molecule has 0 amide bonds. The molecule has 8 nitrogen and oxygen atoms in total. The Hall–Kier alpha value is -0.484. The second kappa shape index (κ2) is 30.0. The van der Waals surface area contributed by atoms with Crippen molar-refractivity contribution in [1.29, 1.82) is 0 Å². The van der Waals surface area contributed by atoms with Gasteiger partial charge in [0.15, 0.2) is 0 Å². The summed E-state index contributed by atoms with van der Waals surface area (Å²) < 4.78 is 0. The van der Waals surface area contributed by atoms with Gasteiger partial charge in [-0.1, -0.05) is 0 Å². The summed E-state index contributed by atoms with van der Waals surface area (Å²) in [4.78, 5) is 35.6. The van der Waals surface area contributed by atoms with Gasteiger partial charge < -0.3 is 39.6 Å². The zero-order chi connectivity index (χ0) is 14.3. The molecule has 0 heterocycles. The van der Waals surface area contributed by atoms with Crippen molar-refractivity contribution in [3.63, 3.8) is 0 Å². The van der Waals surface area contributed by atoms with Crippen molar-refractivity contribution in [2.75, 3.05) is 0 Å². The molecular formula is C8H12O8PbTi. The second-order valence-electron chi connectivity index (χ2n) is 1.97. The van der Waals surface area contributed by atoms with Gasteiger partial charge in [-0.25, -0.2) is 0 Å². The van der Waals surface area contributed by atoms with Gasteiger partial charge in [0.1, 0.15) is 0 Å². The third-order valence-corrected chi connectivity index (χ3v) is 0. The van der Waals surface area contributed by atoms with Crippen molar-refractivity contribution in [1.82, 2.24) is 0 Å². The van der Waals surface area contributed by atoms with Crippen LogP contribution in [0.25, 0.3) is 0 Å². The maximum Gasteiger partial charge on any atom is 4.00 e. The van der Waals surface area contributed by atoms with Crippen LogP contribution in [0.3, 0.4) is 0 Å². The Morgan fingerprint density at radius 2 is 0.556 bits per heavy atom. The first-order valence-corrected chi connectivity index (χ1v) is 3.63. The summed E-state index contributed by atoms with van der Waals surface area (Å²) in [6.45, 7) is 3.89. The molecule has 0 aromatic carbocycles. The van der Waals surface area contributed by atoms with E-state index in [4.69, 9.17) is 39.6 Å². The average Bonchev–Trinajstić information content (AvgIpc) is 1.76. The van der Waals surface area contributed by atoms with Crippen LogP contribution in [0, 0.1) is 0 Å². The van der Waals surface area contributed by atoms with Crippen molar-refractivity contribution in [3.8, 4) is 0 Å². The number of carbonyl (C=O) groups excluding carboxylic acids is 4. The quantitative estimate of drug-likeness (QED) is 0.304. The minimum absolute atomic E-state index is 0. The maximum atomic E-state index is 8.89. The summed E-state index contributed by atoms with van der Waals surface area (Å²) in [5.41, 5.74) is 0. The fraction of sp³-hybridized carbons (Fsp3) is 0.500. The first kappa shape index (κ1) is 36.0. The normalized spacial score (nSPS) is 5.56. The Balaban J connectivity index is -0.0000000257. The van der Waals surface area contributed by atoms with E-state index in [1.54, 1.807) is 0 Å². The minimum Gasteiger partial charge on any atom is -0.550 e. The molecule has 0 aliphatic heterocycles. The molecule has 0 aliphatic rings. The van der Waals surface area contributed by atoms with Gasteiger partial charge in [0, 0.05) is 51.2 Å². The maximum absolute atomic E-state index is 8.89. The topological polar surface area (TPSA) is 161 Å². The summed E-state index contributed by atoms with van der Waals surface area (Å²) in [5.74, 6) is -4.33. The predicted octanol–water partition coefficient (Wildman–Crippen LogP) is -5.36. The van der Waals surface area contributed by atoms with E-state index in [1.807, 2.05) is 0 Å². The van der Waals surface area contributed by atoms with E-state index in [0.29, 0.717) is 0 Å². The molecule has 0 aromatic rings. The fourth-order valence-electron chi connectivity index (χ4n) is 0. The molecule has 0 atom stereocenters. The number of carboxylic acids is 4. The molecule has 18 heavy (non-hydrogen) atoms. The van der Waals surface area contributed by atoms with Gasteiger partial charge in [-0.05, 0) is 27.7 Å². The van der Waals surface area contributed by atoms with Gasteiger partial charge in [0.05, 0.1) is 0 Å². The largest absolute Gasteiger partial charge is 4.00 e. The van der Waals surface area contributed by atoms with Crippen LogP contribution in [0.1, 0.15) is 27.7 Å². The molecule has 0 saturated heterocycles.